The molecular formula is C16H19N7O3S. The van der Waals surface area contributed by atoms with Crippen molar-refractivity contribution in [2.24, 2.45) is 0 Å². The number of benzene rings is 1. The maximum atomic E-state index is 12.9. The van der Waals surface area contributed by atoms with Crippen LogP contribution in [0.25, 0.3) is 0 Å². The quantitative estimate of drug-likeness (QED) is 0.581. The highest BCUT2D eigenvalue weighted by Crippen LogP contribution is 2.32. The molecule has 0 N–H and O–H groups in total. The van der Waals surface area contributed by atoms with Crippen LogP contribution in [0.3, 0.4) is 0 Å². The average Bonchev–Trinajstić information content (AvgIpc) is 3.27. The Kier molecular flexibility index (Phi) is 4.62. The summed E-state index contributed by atoms with van der Waals surface area (Å²) in [5, 5.41) is 16.3. The number of sulfonamides is 1. The molecule has 0 amide bonds. The van der Waals surface area contributed by atoms with Crippen molar-refractivity contribution in [1.29, 1.82) is 0 Å². The summed E-state index contributed by atoms with van der Waals surface area (Å²) in [7, 11) is -3.61. The minimum atomic E-state index is -3.61. The zero-order valence-electron chi connectivity index (χ0n) is 14.7. The molecule has 1 aromatic carbocycles. The molecule has 3 aromatic rings. The number of hydrogen-bond acceptors (Lipinski definition) is 7. The van der Waals surface area contributed by atoms with Gasteiger partial charge in [0.2, 0.25) is 10.0 Å². The van der Waals surface area contributed by atoms with E-state index in [2.05, 4.69) is 20.5 Å². The lowest BCUT2D eigenvalue weighted by atomic mass is 10.2. The normalized spacial score (nSPS) is 15.6. The minimum Gasteiger partial charge on any atom is -0.492 e. The van der Waals surface area contributed by atoms with Crippen molar-refractivity contribution >= 4 is 10.0 Å². The van der Waals surface area contributed by atoms with E-state index in [-0.39, 0.29) is 10.9 Å². The number of rotatable bonds is 7. The lowest BCUT2D eigenvalue weighted by molar-refractivity contribution is 0.188. The van der Waals surface area contributed by atoms with Crippen LogP contribution in [0.15, 0.2) is 47.8 Å². The molecule has 0 unspecified atom stereocenters. The van der Waals surface area contributed by atoms with E-state index in [1.54, 1.807) is 47.5 Å². The fraction of sp³-hybridized carbons (Fsp3) is 0.375. The molecule has 1 saturated heterocycles. The number of ether oxygens (including phenoxy) is 1. The van der Waals surface area contributed by atoms with Crippen LogP contribution < -0.4 is 4.74 Å². The third-order valence-corrected chi connectivity index (χ3v) is 6.17. The molecule has 0 saturated carbocycles. The molecule has 10 nitrogen and oxygen atoms in total. The van der Waals surface area contributed by atoms with Gasteiger partial charge < -0.3 is 4.74 Å². The second-order valence-electron chi connectivity index (χ2n) is 6.10. The minimum absolute atomic E-state index is 0.0501. The number of para-hydroxylation sites is 1. The molecule has 1 aliphatic rings. The largest absolute Gasteiger partial charge is 0.492 e. The van der Waals surface area contributed by atoms with Crippen LogP contribution in [0.4, 0.5) is 0 Å². The maximum Gasteiger partial charge on any atom is 0.246 e. The average molecular weight is 389 g/mol. The van der Waals surface area contributed by atoms with Crippen LogP contribution in [0.5, 0.6) is 5.75 Å². The van der Waals surface area contributed by atoms with Crippen molar-refractivity contribution in [2.75, 3.05) is 19.7 Å². The molecule has 3 heterocycles. The summed E-state index contributed by atoms with van der Waals surface area (Å²) in [5.74, 6) is 0.373. The Morgan fingerprint density at radius 3 is 2.67 bits per heavy atom. The molecular weight excluding hydrogens is 370 g/mol. The first-order chi connectivity index (χ1) is 13.1. The van der Waals surface area contributed by atoms with Gasteiger partial charge in [-0.25, -0.2) is 13.1 Å². The molecule has 2 aromatic heterocycles. The Morgan fingerprint density at radius 2 is 1.93 bits per heavy atom. The maximum absolute atomic E-state index is 12.9. The molecule has 0 aliphatic carbocycles. The van der Waals surface area contributed by atoms with Gasteiger partial charge in [-0.05, 0) is 19.1 Å². The third kappa shape index (κ3) is 3.43. The smallest absolute Gasteiger partial charge is 0.246 e. The second kappa shape index (κ2) is 7.08. The lowest BCUT2D eigenvalue weighted by Gasteiger charge is -2.37. The number of aromatic nitrogens is 6. The lowest BCUT2D eigenvalue weighted by Crippen LogP contribution is -2.50. The van der Waals surface area contributed by atoms with E-state index in [0.29, 0.717) is 37.7 Å². The summed E-state index contributed by atoms with van der Waals surface area (Å²) in [4.78, 5) is 1.70. The predicted molar refractivity (Wildman–Crippen MR) is 94.6 cm³/mol. The van der Waals surface area contributed by atoms with Gasteiger partial charge in [0.1, 0.15) is 22.9 Å². The summed E-state index contributed by atoms with van der Waals surface area (Å²) in [6, 6.07) is 6.64. The van der Waals surface area contributed by atoms with Crippen LogP contribution in [0, 0.1) is 0 Å². The van der Waals surface area contributed by atoms with Crippen molar-refractivity contribution in [2.45, 2.75) is 24.4 Å². The number of hydrogen-bond donors (Lipinski definition) is 0. The summed E-state index contributed by atoms with van der Waals surface area (Å²) in [6.07, 6.45) is 4.99. The van der Waals surface area contributed by atoms with Crippen molar-refractivity contribution in [3.8, 4) is 5.75 Å². The molecule has 0 atom stereocenters. The summed E-state index contributed by atoms with van der Waals surface area (Å²) in [5.41, 5.74) is 0.717. The van der Waals surface area contributed by atoms with Gasteiger partial charge in [0.05, 0.1) is 31.2 Å². The summed E-state index contributed by atoms with van der Waals surface area (Å²) < 4.78 is 34.3. The molecule has 0 bridgehead atoms. The Balaban J connectivity index is 1.44. The first-order valence-electron chi connectivity index (χ1n) is 8.54. The summed E-state index contributed by atoms with van der Waals surface area (Å²) >= 11 is 0. The van der Waals surface area contributed by atoms with E-state index >= 15 is 0 Å². The predicted octanol–water partition coefficient (Wildman–Crippen LogP) is 0.562. The Morgan fingerprint density at radius 1 is 1.19 bits per heavy atom. The van der Waals surface area contributed by atoms with Gasteiger partial charge in [0.25, 0.3) is 0 Å². The Labute approximate surface area is 156 Å². The van der Waals surface area contributed by atoms with E-state index in [1.807, 2.05) is 6.92 Å². The standard InChI is InChI=1S/C16H19N7O3S/c1-2-26-15-5-3-4-6-16(15)27(24,25)21-11-14(12-21)22-9-13(19-20-22)10-23-17-7-8-18-23/h3-9,14H,2,10-12H2,1H3. The second-order valence-corrected chi connectivity index (χ2v) is 8.01. The van der Waals surface area contributed by atoms with E-state index in [0.717, 1.165) is 0 Å². The topological polar surface area (TPSA) is 108 Å². The molecule has 1 fully saturated rings. The van der Waals surface area contributed by atoms with Crippen LogP contribution >= 0.6 is 0 Å². The van der Waals surface area contributed by atoms with E-state index in [4.69, 9.17) is 4.74 Å². The molecule has 142 valence electrons. The molecule has 27 heavy (non-hydrogen) atoms. The highest BCUT2D eigenvalue weighted by Gasteiger charge is 2.39. The van der Waals surface area contributed by atoms with Gasteiger partial charge in [-0.2, -0.15) is 19.3 Å². The van der Waals surface area contributed by atoms with Gasteiger partial charge in [-0.3, -0.25) is 0 Å². The SMILES string of the molecule is CCOc1ccccc1S(=O)(=O)N1CC(n2cc(Cn3nccn3)nn2)C1. The van der Waals surface area contributed by atoms with E-state index in [1.165, 1.54) is 9.10 Å². The Bertz CT molecular complexity index is 1010. The van der Waals surface area contributed by atoms with E-state index in [9.17, 15) is 8.42 Å². The fourth-order valence-electron chi connectivity index (χ4n) is 2.89. The first kappa shape index (κ1) is 17.6. The van der Waals surface area contributed by atoms with Crippen LogP contribution in [-0.4, -0.2) is 62.4 Å². The molecule has 1 aliphatic heterocycles. The van der Waals surface area contributed by atoms with Gasteiger partial charge in [0, 0.05) is 13.1 Å². The molecule has 11 heteroatoms. The highest BCUT2D eigenvalue weighted by molar-refractivity contribution is 7.89. The van der Waals surface area contributed by atoms with E-state index < -0.39 is 10.0 Å². The zero-order valence-corrected chi connectivity index (χ0v) is 15.5. The van der Waals surface area contributed by atoms with Crippen molar-refractivity contribution < 1.29 is 13.2 Å². The van der Waals surface area contributed by atoms with Crippen molar-refractivity contribution in [3.05, 3.63) is 48.5 Å². The highest BCUT2D eigenvalue weighted by atomic mass is 32.2. The van der Waals surface area contributed by atoms with Gasteiger partial charge in [-0.15, -0.1) is 5.10 Å². The van der Waals surface area contributed by atoms with Crippen molar-refractivity contribution in [3.63, 3.8) is 0 Å². The fourth-order valence-corrected chi connectivity index (χ4v) is 4.54. The monoisotopic (exact) mass is 389 g/mol. The van der Waals surface area contributed by atoms with Crippen LogP contribution in [0.2, 0.25) is 0 Å². The summed E-state index contributed by atoms with van der Waals surface area (Å²) in [6.45, 7) is 3.33. The van der Waals surface area contributed by atoms with Gasteiger partial charge in [0.15, 0.2) is 0 Å². The molecule has 4 rings (SSSR count). The molecule has 0 spiro atoms. The molecule has 0 radical (unpaired) electrons. The van der Waals surface area contributed by atoms with Gasteiger partial charge in [-0.1, -0.05) is 17.3 Å². The first-order valence-corrected chi connectivity index (χ1v) is 9.98. The third-order valence-electron chi connectivity index (χ3n) is 4.30. The van der Waals surface area contributed by atoms with Crippen LogP contribution in [-0.2, 0) is 16.6 Å². The van der Waals surface area contributed by atoms with Crippen LogP contribution in [0.1, 0.15) is 18.7 Å². The zero-order chi connectivity index (χ0) is 18.9. The van der Waals surface area contributed by atoms with Crippen molar-refractivity contribution in [1.82, 2.24) is 34.3 Å². The van der Waals surface area contributed by atoms with Gasteiger partial charge >= 0.3 is 0 Å². The number of nitrogens with zero attached hydrogens (tertiary/aromatic N) is 7. The Hall–Kier alpha value is -2.79.